The minimum absolute atomic E-state index is 0.00776. The third-order valence-electron chi connectivity index (χ3n) is 6.05. The summed E-state index contributed by atoms with van der Waals surface area (Å²) in [5.74, 6) is 0.944. The Morgan fingerprint density at radius 3 is 2.00 bits per heavy atom. The van der Waals surface area contributed by atoms with Crippen molar-refractivity contribution in [1.29, 1.82) is 0 Å². The van der Waals surface area contributed by atoms with E-state index in [9.17, 15) is 9.59 Å². The molecule has 0 unspecified atom stereocenters. The zero-order valence-electron chi connectivity index (χ0n) is 21.2. The highest BCUT2D eigenvalue weighted by Crippen LogP contribution is 2.21. The Hall–Kier alpha value is -3.05. The summed E-state index contributed by atoms with van der Waals surface area (Å²) in [7, 11) is 0. The fourth-order valence-electron chi connectivity index (χ4n) is 4.01. The second kappa shape index (κ2) is 13.1. The van der Waals surface area contributed by atoms with Gasteiger partial charge in [0.2, 0.25) is 11.8 Å². The van der Waals surface area contributed by atoms with E-state index >= 15 is 0 Å². The Labute approximate surface area is 214 Å². The quantitative estimate of drug-likeness (QED) is 0.377. The van der Waals surface area contributed by atoms with E-state index in [1.165, 1.54) is 11.1 Å². The Bertz CT molecular complexity index is 1110. The highest BCUT2D eigenvalue weighted by atomic mass is 32.2. The van der Waals surface area contributed by atoms with Gasteiger partial charge in [-0.15, -0.1) is 11.8 Å². The average Bonchev–Trinajstić information content (AvgIpc) is 2.83. The molecule has 3 aromatic rings. The Kier molecular flexibility index (Phi) is 9.98. The summed E-state index contributed by atoms with van der Waals surface area (Å²) in [4.78, 5) is 28.9. The molecule has 35 heavy (non-hydrogen) atoms. The summed E-state index contributed by atoms with van der Waals surface area (Å²) in [6.45, 7) is 8.44. The third-order valence-corrected chi connectivity index (χ3v) is 7.01. The van der Waals surface area contributed by atoms with Crippen LogP contribution in [0.5, 0.6) is 0 Å². The smallest absolute Gasteiger partial charge is 0.243 e. The van der Waals surface area contributed by atoms with Crippen LogP contribution >= 0.6 is 11.8 Å². The molecule has 3 aromatic carbocycles. The van der Waals surface area contributed by atoms with E-state index in [-0.39, 0.29) is 17.9 Å². The molecule has 0 spiro atoms. The second-order valence-corrected chi connectivity index (χ2v) is 10.2. The van der Waals surface area contributed by atoms with Gasteiger partial charge < -0.3 is 10.2 Å². The molecule has 4 nitrogen and oxygen atoms in total. The molecule has 0 aliphatic carbocycles. The van der Waals surface area contributed by atoms with Gasteiger partial charge in [-0.05, 0) is 55.5 Å². The summed E-state index contributed by atoms with van der Waals surface area (Å²) in [5.41, 5.74) is 5.66. The minimum Gasteiger partial charge on any atom is -0.352 e. The summed E-state index contributed by atoms with van der Waals surface area (Å²) in [5, 5.41) is 3.05. The van der Waals surface area contributed by atoms with Crippen molar-refractivity contribution in [2.75, 3.05) is 5.75 Å². The number of thioether (sulfide) groups is 1. The number of rotatable bonds is 11. The molecule has 3 rings (SSSR count). The molecule has 0 fully saturated rings. The Morgan fingerprint density at radius 2 is 1.40 bits per heavy atom. The van der Waals surface area contributed by atoms with Crippen molar-refractivity contribution in [3.8, 4) is 0 Å². The summed E-state index contributed by atoms with van der Waals surface area (Å²) < 4.78 is 0. The highest BCUT2D eigenvalue weighted by molar-refractivity contribution is 7.99. The number of hydrogen-bond acceptors (Lipinski definition) is 3. The predicted octanol–water partition coefficient (Wildman–Crippen LogP) is 5.70. The molecule has 0 aromatic heterocycles. The van der Waals surface area contributed by atoms with Gasteiger partial charge in [-0.1, -0.05) is 78.9 Å². The van der Waals surface area contributed by atoms with Crippen LogP contribution in [0.1, 0.15) is 41.7 Å². The number of benzene rings is 3. The first-order valence-electron chi connectivity index (χ1n) is 12.2. The van der Waals surface area contributed by atoms with Crippen LogP contribution in [0.4, 0.5) is 0 Å². The first-order valence-corrected chi connectivity index (χ1v) is 13.3. The van der Waals surface area contributed by atoms with E-state index in [4.69, 9.17) is 0 Å². The number of amides is 2. The monoisotopic (exact) mass is 488 g/mol. The number of nitrogens with one attached hydrogen (secondary N) is 1. The maximum atomic E-state index is 13.7. The normalized spacial score (nSPS) is 11.8. The van der Waals surface area contributed by atoms with E-state index < -0.39 is 6.04 Å². The lowest BCUT2D eigenvalue weighted by Gasteiger charge is -2.32. The van der Waals surface area contributed by atoms with Crippen molar-refractivity contribution in [3.63, 3.8) is 0 Å². The predicted molar refractivity (Wildman–Crippen MR) is 146 cm³/mol. The summed E-state index contributed by atoms with van der Waals surface area (Å²) in [6, 6.07) is 25.6. The van der Waals surface area contributed by atoms with E-state index in [0.717, 1.165) is 22.4 Å². The molecule has 0 saturated carbocycles. The van der Waals surface area contributed by atoms with Gasteiger partial charge in [0, 0.05) is 24.8 Å². The van der Waals surface area contributed by atoms with Crippen molar-refractivity contribution in [1.82, 2.24) is 10.2 Å². The standard InChI is InChI=1S/C30H36N2O2S/c1-22(2)31-30(34)28(18-25-14-6-5-7-15-25)32(19-26-16-10-8-12-23(26)3)29(33)21-35-20-27-17-11-9-13-24(27)4/h5-17,22,28H,18-21H2,1-4H3,(H,31,34)/t28-/m0/s1. The van der Waals surface area contributed by atoms with Gasteiger partial charge in [-0.2, -0.15) is 0 Å². The number of carbonyl (C=O) groups is 2. The van der Waals surface area contributed by atoms with Crippen LogP contribution in [0, 0.1) is 13.8 Å². The first kappa shape index (κ1) is 26.6. The van der Waals surface area contributed by atoms with Crippen LogP contribution in [0.25, 0.3) is 0 Å². The molecule has 0 bridgehead atoms. The fourth-order valence-corrected chi connectivity index (χ4v) is 5.00. The largest absolute Gasteiger partial charge is 0.352 e. The lowest BCUT2D eigenvalue weighted by Crippen LogP contribution is -2.52. The zero-order valence-corrected chi connectivity index (χ0v) is 22.0. The molecular formula is C30H36N2O2S. The van der Waals surface area contributed by atoms with Crippen LogP contribution in [0.3, 0.4) is 0 Å². The molecule has 0 aliphatic heterocycles. The SMILES string of the molecule is Cc1ccccc1CSCC(=O)N(Cc1ccccc1C)[C@@H](Cc1ccccc1)C(=O)NC(C)C. The lowest BCUT2D eigenvalue weighted by atomic mass is 10.0. The third kappa shape index (κ3) is 8.00. The maximum Gasteiger partial charge on any atom is 0.243 e. The van der Waals surface area contributed by atoms with E-state index in [0.29, 0.717) is 18.7 Å². The van der Waals surface area contributed by atoms with Crippen LogP contribution < -0.4 is 5.32 Å². The van der Waals surface area contributed by atoms with E-state index in [1.54, 1.807) is 16.7 Å². The Balaban J connectivity index is 1.86. The molecule has 0 saturated heterocycles. The Morgan fingerprint density at radius 1 is 0.829 bits per heavy atom. The van der Waals surface area contributed by atoms with Crippen LogP contribution in [0.2, 0.25) is 0 Å². The van der Waals surface area contributed by atoms with Gasteiger partial charge in [-0.25, -0.2) is 0 Å². The minimum atomic E-state index is -0.592. The second-order valence-electron chi connectivity index (χ2n) is 9.24. The molecular weight excluding hydrogens is 452 g/mol. The van der Waals surface area contributed by atoms with Crippen molar-refractivity contribution >= 4 is 23.6 Å². The lowest BCUT2D eigenvalue weighted by molar-refractivity contribution is -0.139. The van der Waals surface area contributed by atoms with Crippen molar-refractivity contribution in [2.45, 2.75) is 58.5 Å². The molecule has 2 amide bonds. The van der Waals surface area contributed by atoms with Gasteiger partial charge >= 0.3 is 0 Å². The van der Waals surface area contributed by atoms with Crippen LogP contribution in [-0.2, 0) is 28.3 Å². The first-order chi connectivity index (χ1) is 16.8. The average molecular weight is 489 g/mol. The van der Waals surface area contributed by atoms with Gasteiger partial charge in [0.25, 0.3) is 0 Å². The van der Waals surface area contributed by atoms with E-state index in [2.05, 4.69) is 24.4 Å². The van der Waals surface area contributed by atoms with Crippen molar-refractivity contribution < 1.29 is 9.59 Å². The summed E-state index contributed by atoms with van der Waals surface area (Å²) >= 11 is 1.60. The van der Waals surface area contributed by atoms with E-state index in [1.807, 2.05) is 87.5 Å². The summed E-state index contributed by atoms with van der Waals surface area (Å²) in [6.07, 6.45) is 0.472. The number of nitrogens with zero attached hydrogens (tertiary/aromatic N) is 1. The molecule has 1 N–H and O–H groups in total. The van der Waals surface area contributed by atoms with Gasteiger partial charge in [0.1, 0.15) is 6.04 Å². The van der Waals surface area contributed by atoms with Gasteiger partial charge in [-0.3, -0.25) is 9.59 Å². The number of aryl methyl sites for hydroxylation is 2. The zero-order chi connectivity index (χ0) is 25.2. The van der Waals surface area contributed by atoms with Gasteiger partial charge in [0.15, 0.2) is 0 Å². The van der Waals surface area contributed by atoms with Crippen molar-refractivity contribution in [3.05, 3.63) is 107 Å². The molecule has 5 heteroatoms. The topological polar surface area (TPSA) is 49.4 Å². The van der Waals surface area contributed by atoms with Crippen LogP contribution in [-0.4, -0.2) is 34.6 Å². The molecule has 0 radical (unpaired) electrons. The molecule has 1 atom stereocenters. The number of hydrogen-bond donors (Lipinski definition) is 1. The van der Waals surface area contributed by atoms with Gasteiger partial charge in [0.05, 0.1) is 5.75 Å². The fraction of sp³-hybridized carbons (Fsp3) is 0.333. The molecule has 184 valence electrons. The molecule has 0 heterocycles. The molecule has 0 aliphatic rings. The van der Waals surface area contributed by atoms with Crippen molar-refractivity contribution in [2.24, 2.45) is 0 Å². The maximum absolute atomic E-state index is 13.7. The number of carbonyl (C=O) groups excluding carboxylic acids is 2. The highest BCUT2D eigenvalue weighted by Gasteiger charge is 2.30. The van der Waals surface area contributed by atoms with Crippen LogP contribution in [0.15, 0.2) is 78.9 Å².